The maximum atomic E-state index is 2.45. The Labute approximate surface area is 259 Å². The zero-order valence-electron chi connectivity index (χ0n) is 24.7. The molecule has 0 atom stereocenters. The quantitative estimate of drug-likeness (QED) is 0.195. The van der Waals surface area contributed by atoms with Crippen LogP contribution in [0.3, 0.4) is 0 Å². The Morgan fingerprint density at radius 1 is 0.523 bits per heavy atom. The van der Waals surface area contributed by atoms with E-state index >= 15 is 0 Å². The number of rotatable bonds is 6. The largest absolute Gasteiger partial charge is 0.313 e. The molecular formula is C42H34N2. The molecule has 0 amide bonds. The smallest absolute Gasteiger partial charge is 0.0537 e. The first-order chi connectivity index (χ1) is 21.8. The summed E-state index contributed by atoms with van der Waals surface area (Å²) in [6.45, 7) is 0. The minimum absolute atomic E-state index is 1.02. The van der Waals surface area contributed by atoms with Gasteiger partial charge in [0.15, 0.2) is 0 Å². The second kappa shape index (κ2) is 11.4. The van der Waals surface area contributed by atoms with Crippen LogP contribution in [-0.4, -0.2) is 4.57 Å². The number of fused-ring (bicyclic) bond motifs is 3. The van der Waals surface area contributed by atoms with E-state index in [1.165, 1.54) is 50.1 Å². The molecule has 5 aromatic carbocycles. The van der Waals surface area contributed by atoms with Crippen LogP contribution in [0, 0.1) is 0 Å². The normalized spacial score (nSPS) is 14.2. The molecule has 1 heterocycles. The first kappa shape index (κ1) is 26.3. The number of hydrogen-bond acceptors (Lipinski definition) is 1. The predicted molar refractivity (Wildman–Crippen MR) is 187 cm³/mol. The van der Waals surface area contributed by atoms with Crippen molar-refractivity contribution in [3.05, 3.63) is 174 Å². The highest BCUT2D eigenvalue weighted by Gasteiger charge is 2.22. The van der Waals surface area contributed by atoms with Gasteiger partial charge in [-0.2, -0.15) is 0 Å². The van der Waals surface area contributed by atoms with Crippen molar-refractivity contribution in [3.63, 3.8) is 0 Å². The molecular weight excluding hydrogens is 532 g/mol. The van der Waals surface area contributed by atoms with E-state index in [0.717, 1.165) is 42.7 Å². The monoisotopic (exact) mass is 566 g/mol. The van der Waals surface area contributed by atoms with Gasteiger partial charge in [0.2, 0.25) is 0 Å². The zero-order chi connectivity index (χ0) is 29.3. The Balaban J connectivity index is 1.15. The second-order valence-electron chi connectivity index (χ2n) is 11.6. The van der Waals surface area contributed by atoms with Crippen molar-refractivity contribution in [1.82, 2.24) is 4.57 Å². The first-order valence-electron chi connectivity index (χ1n) is 15.6. The molecule has 0 unspecified atom stereocenters. The van der Waals surface area contributed by atoms with Gasteiger partial charge in [0.1, 0.15) is 0 Å². The van der Waals surface area contributed by atoms with Crippen LogP contribution in [0.25, 0.3) is 33.8 Å². The summed E-state index contributed by atoms with van der Waals surface area (Å²) in [4.78, 5) is 2.35. The fourth-order valence-corrected chi connectivity index (χ4v) is 6.84. The summed E-state index contributed by atoms with van der Waals surface area (Å²) in [5.74, 6) is 0. The van der Waals surface area contributed by atoms with Crippen LogP contribution in [0.2, 0.25) is 0 Å². The molecule has 0 bridgehead atoms. The molecule has 2 aliphatic rings. The van der Waals surface area contributed by atoms with Crippen LogP contribution >= 0.6 is 0 Å². The average molecular weight is 567 g/mol. The summed E-state index contributed by atoms with van der Waals surface area (Å²) in [5, 5.41) is 1.32. The van der Waals surface area contributed by atoms with E-state index in [9.17, 15) is 0 Å². The summed E-state index contributed by atoms with van der Waals surface area (Å²) >= 11 is 0. The molecule has 8 rings (SSSR count). The summed E-state index contributed by atoms with van der Waals surface area (Å²) in [7, 11) is 0. The molecule has 6 aromatic rings. The molecule has 0 radical (unpaired) electrons. The Kier molecular flexibility index (Phi) is 6.81. The van der Waals surface area contributed by atoms with Crippen LogP contribution < -0.4 is 4.90 Å². The van der Waals surface area contributed by atoms with Gasteiger partial charge in [-0.05, 0) is 109 Å². The van der Waals surface area contributed by atoms with Gasteiger partial charge in [0.05, 0.1) is 5.52 Å². The molecule has 2 nitrogen and oxygen atoms in total. The van der Waals surface area contributed by atoms with Crippen molar-refractivity contribution in [2.45, 2.75) is 25.7 Å². The number of allylic oxidation sites excluding steroid dienone is 5. The predicted octanol–water partition coefficient (Wildman–Crippen LogP) is 11.3. The lowest BCUT2D eigenvalue weighted by atomic mass is 9.91. The average Bonchev–Trinajstić information content (AvgIpc) is 3.44. The maximum absolute atomic E-state index is 2.45. The number of anilines is 3. The fourth-order valence-electron chi connectivity index (χ4n) is 6.84. The topological polar surface area (TPSA) is 8.17 Å². The Hall–Kier alpha value is -5.34. The van der Waals surface area contributed by atoms with Gasteiger partial charge in [-0.3, -0.25) is 0 Å². The molecule has 0 fully saturated rings. The SMILES string of the molecule is C1=CCCC(c2ccc(N(c3ccccc3)c3ccc(C4=Cc5c(n(-c6ccccc6)c6ccccc56)CC4)cc3)cc2)=C1. The van der Waals surface area contributed by atoms with Crippen LogP contribution in [0.15, 0.2) is 152 Å². The van der Waals surface area contributed by atoms with Crippen molar-refractivity contribution < 1.29 is 0 Å². The van der Waals surface area contributed by atoms with Gasteiger partial charge in [-0.1, -0.05) is 97.1 Å². The summed E-state index contributed by atoms with van der Waals surface area (Å²) in [6, 6.07) is 48.4. The molecule has 44 heavy (non-hydrogen) atoms. The van der Waals surface area contributed by atoms with Gasteiger partial charge < -0.3 is 9.47 Å². The minimum Gasteiger partial charge on any atom is -0.313 e. The molecule has 0 N–H and O–H groups in total. The van der Waals surface area contributed by atoms with Gasteiger partial charge >= 0.3 is 0 Å². The Morgan fingerprint density at radius 2 is 1.14 bits per heavy atom. The Morgan fingerprint density at radius 3 is 1.82 bits per heavy atom. The number of nitrogens with zero attached hydrogens (tertiary/aromatic N) is 2. The summed E-state index contributed by atoms with van der Waals surface area (Å²) < 4.78 is 2.45. The third-order valence-electron chi connectivity index (χ3n) is 9.00. The van der Waals surface area contributed by atoms with Crippen molar-refractivity contribution >= 4 is 45.2 Å². The van der Waals surface area contributed by atoms with Crippen molar-refractivity contribution in [1.29, 1.82) is 0 Å². The van der Waals surface area contributed by atoms with Crippen LogP contribution in [0.1, 0.15) is 41.6 Å². The fraction of sp³-hybridized carbons (Fsp3) is 0.0952. The van der Waals surface area contributed by atoms with Gasteiger partial charge in [0.25, 0.3) is 0 Å². The van der Waals surface area contributed by atoms with E-state index in [-0.39, 0.29) is 0 Å². The minimum atomic E-state index is 1.02. The highest BCUT2D eigenvalue weighted by Crippen LogP contribution is 2.40. The zero-order valence-corrected chi connectivity index (χ0v) is 24.7. The first-order valence-corrected chi connectivity index (χ1v) is 15.6. The van der Waals surface area contributed by atoms with Crippen molar-refractivity contribution in [2.24, 2.45) is 0 Å². The highest BCUT2D eigenvalue weighted by molar-refractivity contribution is 5.99. The standard InChI is InChI=1S/C42H34N2/c1-4-12-31(13-5-1)32-20-25-37(26-21-32)43(35-14-6-2-7-15-35)38-27-22-33(23-28-38)34-24-29-42-40(30-34)39-18-10-11-19-41(39)44(42)36-16-8-3-9-17-36/h1-4,6-12,14-23,25-28,30H,5,13,24,29H2. The molecule has 0 aliphatic heterocycles. The van der Waals surface area contributed by atoms with Gasteiger partial charge in [-0.15, -0.1) is 0 Å². The number of para-hydroxylation sites is 3. The number of aromatic nitrogens is 1. The summed E-state index contributed by atoms with van der Waals surface area (Å²) in [5.41, 5.74) is 14.1. The molecule has 0 saturated heterocycles. The molecule has 0 spiro atoms. The second-order valence-corrected chi connectivity index (χ2v) is 11.6. The van der Waals surface area contributed by atoms with E-state index in [1.54, 1.807) is 0 Å². The molecule has 2 aliphatic carbocycles. The number of hydrogen-bond donors (Lipinski definition) is 0. The Bertz CT molecular complexity index is 2020. The lowest BCUT2D eigenvalue weighted by Crippen LogP contribution is -2.10. The third-order valence-corrected chi connectivity index (χ3v) is 9.00. The van der Waals surface area contributed by atoms with Crippen molar-refractivity contribution in [3.8, 4) is 5.69 Å². The molecule has 2 heteroatoms. The lowest BCUT2D eigenvalue weighted by Gasteiger charge is -2.26. The number of benzene rings is 5. The van der Waals surface area contributed by atoms with E-state index in [2.05, 4.69) is 167 Å². The summed E-state index contributed by atoms with van der Waals surface area (Å²) in [6.07, 6.45) is 13.3. The molecule has 0 saturated carbocycles. The molecule has 1 aromatic heterocycles. The van der Waals surface area contributed by atoms with Crippen LogP contribution in [0.4, 0.5) is 17.1 Å². The van der Waals surface area contributed by atoms with Gasteiger partial charge in [0, 0.05) is 39.4 Å². The molecule has 212 valence electrons. The van der Waals surface area contributed by atoms with E-state index in [1.807, 2.05) is 0 Å². The van der Waals surface area contributed by atoms with Crippen molar-refractivity contribution in [2.75, 3.05) is 4.90 Å². The highest BCUT2D eigenvalue weighted by atomic mass is 15.1. The van der Waals surface area contributed by atoms with Crippen LogP contribution in [-0.2, 0) is 6.42 Å². The maximum Gasteiger partial charge on any atom is 0.0537 e. The van der Waals surface area contributed by atoms with E-state index < -0.39 is 0 Å². The third kappa shape index (κ3) is 4.79. The van der Waals surface area contributed by atoms with Gasteiger partial charge in [-0.25, -0.2) is 0 Å². The van der Waals surface area contributed by atoms with E-state index in [4.69, 9.17) is 0 Å². The van der Waals surface area contributed by atoms with Crippen LogP contribution in [0.5, 0.6) is 0 Å². The van der Waals surface area contributed by atoms with E-state index in [0.29, 0.717) is 0 Å². The lowest BCUT2D eigenvalue weighted by molar-refractivity contribution is 0.898.